The van der Waals surface area contributed by atoms with Gasteiger partial charge in [0.1, 0.15) is 0 Å². The summed E-state index contributed by atoms with van der Waals surface area (Å²) in [5, 5.41) is 12.7. The highest BCUT2D eigenvalue weighted by molar-refractivity contribution is 5.83. The molecule has 2 N–H and O–H groups in total. The molecule has 1 rings (SSSR count). The molecule has 1 heterocycles. The Morgan fingerprint density at radius 1 is 1.73 bits per heavy atom. The largest absolute Gasteiger partial charge is 0.463 e. The molecule has 0 bridgehead atoms. The Bertz CT molecular complexity index is 238. The van der Waals surface area contributed by atoms with Crippen molar-refractivity contribution < 1.29 is 14.6 Å². The van der Waals surface area contributed by atoms with Crippen LogP contribution in [0.25, 0.3) is 0 Å². The van der Waals surface area contributed by atoms with Crippen LogP contribution in [0.4, 0.5) is 0 Å². The van der Waals surface area contributed by atoms with Gasteiger partial charge in [0.05, 0.1) is 12.7 Å². The minimum Gasteiger partial charge on any atom is -0.463 e. The van der Waals surface area contributed by atoms with Crippen molar-refractivity contribution in [3.05, 3.63) is 11.6 Å². The molecule has 0 aromatic carbocycles. The molecule has 1 fully saturated rings. The van der Waals surface area contributed by atoms with Crippen molar-refractivity contribution in [2.24, 2.45) is 0 Å². The molecule has 0 aromatic rings. The number of carbonyl (C=O) groups is 1. The third kappa shape index (κ3) is 4.44. The second-order valence-corrected chi connectivity index (χ2v) is 3.72. The zero-order valence-electron chi connectivity index (χ0n) is 9.16. The molecule has 4 heteroatoms. The number of unbranched alkanes of at least 4 members (excludes halogenated alkanes) is 1. The fourth-order valence-corrected chi connectivity index (χ4v) is 1.43. The zero-order chi connectivity index (χ0) is 11.1. The standard InChI is InChI=1S/C11H19NO3/c1-2-3-6-15-11(14)7-9-8-12-5-4-10(9)13/h7,10,12-13H,2-6,8H2,1H3. The van der Waals surface area contributed by atoms with E-state index in [1.54, 1.807) is 0 Å². The normalized spacial score (nSPS) is 24.1. The lowest BCUT2D eigenvalue weighted by molar-refractivity contribution is -0.138. The van der Waals surface area contributed by atoms with E-state index in [-0.39, 0.29) is 5.97 Å². The van der Waals surface area contributed by atoms with Gasteiger partial charge in [0, 0.05) is 12.6 Å². The summed E-state index contributed by atoms with van der Waals surface area (Å²) >= 11 is 0. The van der Waals surface area contributed by atoms with Crippen LogP contribution in [0.15, 0.2) is 11.6 Å². The van der Waals surface area contributed by atoms with Crippen molar-refractivity contribution in [3.63, 3.8) is 0 Å². The van der Waals surface area contributed by atoms with E-state index in [1.165, 1.54) is 6.08 Å². The summed E-state index contributed by atoms with van der Waals surface area (Å²) in [5.74, 6) is -0.346. The van der Waals surface area contributed by atoms with E-state index in [2.05, 4.69) is 5.32 Å². The third-order valence-corrected chi connectivity index (χ3v) is 2.40. The maximum absolute atomic E-state index is 11.3. The van der Waals surface area contributed by atoms with Crippen molar-refractivity contribution in [2.45, 2.75) is 32.3 Å². The van der Waals surface area contributed by atoms with Crippen LogP contribution < -0.4 is 5.32 Å². The van der Waals surface area contributed by atoms with Crippen LogP contribution in [-0.2, 0) is 9.53 Å². The van der Waals surface area contributed by atoms with Crippen molar-refractivity contribution in [1.29, 1.82) is 0 Å². The molecule has 0 aliphatic carbocycles. The lowest BCUT2D eigenvalue weighted by Gasteiger charge is -2.21. The van der Waals surface area contributed by atoms with Crippen molar-refractivity contribution >= 4 is 5.97 Å². The van der Waals surface area contributed by atoms with E-state index >= 15 is 0 Å². The summed E-state index contributed by atoms with van der Waals surface area (Å²) in [5.41, 5.74) is 0.725. The fraction of sp³-hybridized carbons (Fsp3) is 0.727. The average Bonchev–Trinajstić information content (AvgIpc) is 2.22. The molecule has 0 spiro atoms. The topological polar surface area (TPSA) is 58.6 Å². The number of carbonyl (C=O) groups excluding carboxylic acids is 1. The van der Waals surface area contributed by atoms with Crippen molar-refractivity contribution in [1.82, 2.24) is 5.32 Å². The second kappa shape index (κ2) is 6.58. The molecule has 4 nitrogen and oxygen atoms in total. The Balaban J connectivity index is 2.35. The van der Waals surface area contributed by atoms with Crippen molar-refractivity contribution in [3.8, 4) is 0 Å². The third-order valence-electron chi connectivity index (χ3n) is 2.40. The highest BCUT2D eigenvalue weighted by atomic mass is 16.5. The Morgan fingerprint density at radius 2 is 2.53 bits per heavy atom. The summed E-state index contributed by atoms with van der Waals surface area (Å²) in [4.78, 5) is 11.3. The zero-order valence-corrected chi connectivity index (χ0v) is 9.16. The lowest BCUT2D eigenvalue weighted by Crippen LogP contribution is -2.33. The monoisotopic (exact) mass is 213 g/mol. The van der Waals surface area contributed by atoms with Gasteiger partial charge < -0.3 is 15.2 Å². The molecule has 1 unspecified atom stereocenters. The molecular formula is C11H19NO3. The van der Waals surface area contributed by atoms with Gasteiger partial charge in [-0.1, -0.05) is 13.3 Å². The van der Waals surface area contributed by atoms with E-state index in [4.69, 9.17) is 4.74 Å². The second-order valence-electron chi connectivity index (χ2n) is 3.72. The van der Waals surface area contributed by atoms with Gasteiger partial charge in [-0.25, -0.2) is 4.79 Å². The SMILES string of the molecule is CCCCOC(=O)C=C1CNCCC1O. The highest BCUT2D eigenvalue weighted by Crippen LogP contribution is 2.09. The van der Waals surface area contributed by atoms with E-state index in [1.807, 2.05) is 6.92 Å². The van der Waals surface area contributed by atoms with Crippen LogP contribution in [0.1, 0.15) is 26.2 Å². The first-order valence-corrected chi connectivity index (χ1v) is 5.50. The molecule has 1 aliphatic heterocycles. The molecule has 1 saturated heterocycles. The number of piperidine rings is 1. The Kier molecular flexibility index (Phi) is 5.36. The van der Waals surface area contributed by atoms with Gasteiger partial charge >= 0.3 is 5.97 Å². The summed E-state index contributed by atoms with van der Waals surface area (Å²) in [6.45, 7) is 3.87. The number of hydrogen-bond donors (Lipinski definition) is 2. The van der Waals surface area contributed by atoms with Crippen molar-refractivity contribution in [2.75, 3.05) is 19.7 Å². The minimum atomic E-state index is -0.495. The predicted molar refractivity (Wildman–Crippen MR) is 57.4 cm³/mol. The summed E-state index contributed by atoms with van der Waals surface area (Å²) < 4.78 is 4.98. The van der Waals surface area contributed by atoms with Crippen LogP contribution in [-0.4, -0.2) is 36.9 Å². The van der Waals surface area contributed by atoms with E-state index in [0.29, 0.717) is 19.6 Å². The molecule has 0 amide bonds. The van der Waals surface area contributed by atoms with Gasteiger partial charge in [-0.05, 0) is 25.0 Å². The summed E-state index contributed by atoms with van der Waals surface area (Å²) in [7, 11) is 0. The molecule has 86 valence electrons. The number of nitrogens with one attached hydrogen (secondary N) is 1. The average molecular weight is 213 g/mol. The number of aliphatic hydroxyl groups is 1. The molecule has 1 atom stereocenters. The molecule has 0 saturated carbocycles. The van der Waals surface area contributed by atoms with E-state index < -0.39 is 6.10 Å². The minimum absolute atomic E-state index is 0.346. The van der Waals surface area contributed by atoms with Crippen LogP contribution in [0, 0.1) is 0 Å². The highest BCUT2D eigenvalue weighted by Gasteiger charge is 2.16. The van der Waals surface area contributed by atoms with Crippen LogP contribution in [0.5, 0.6) is 0 Å². The maximum Gasteiger partial charge on any atom is 0.330 e. The first-order chi connectivity index (χ1) is 7.24. The number of aliphatic hydroxyl groups excluding tert-OH is 1. The first-order valence-electron chi connectivity index (χ1n) is 5.50. The summed E-state index contributed by atoms with van der Waals surface area (Å²) in [6, 6.07) is 0. The Morgan fingerprint density at radius 3 is 3.20 bits per heavy atom. The van der Waals surface area contributed by atoms with Crippen LogP contribution in [0.3, 0.4) is 0 Å². The number of esters is 1. The number of hydrogen-bond acceptors (Lipinski definition) is 4. The summed E-state index contributed by atoms with van der Waals surface area (Å²) in [6.07, 6.45) is 3.47. The van der Waals surface area contributed by atoms with Gasteiger partial charge in [-0.2, -0.15) is 0 Å². The molecule has 0 aromatic heterocycles. The van der Waals surface area contributed by atoms with Gasteiger partial charge in [0.2, 0.25) is 0 Å². The maximum atomic E-state index is 11.3. The van der Waals surface area contributed by atoms with Gasteiger partial charge in [0.15, 0.2) is 0 Å². The Labute approximate surface area is 90.3 Å². The fourth-order valence-electron chi connectivity index (χ4n) is 1.43. The smallest absolute Gasteiger partial charge is 0.330 e. The van der Waals surface area contributed by atoms with Crippen LogP contribution >= 0.6 is 0 Å². The molecule has 0 radical (unpaired) electrons. The number of ether oxygens (including phenoxy) is 1. The quantitative estimate of drug-likeness (QED) is 0.408. The lowest BCUT2D eigenvalue weighted by atomic mass is 10.0. The van der Waals surface area contributed by atoms with E-state index in [9.17, 15) is 9.90 Å². The van der Waals surface area contributed by atoms with Gasteiger partial charge in [-0.15, -0.1) is 0 Å². The van der Waals surface area contributed by atoms with Crippen LogP contribution in [0.2, 0.25) is 0 Å². The number of rotatable bonds is 4. The molecule has 15 heavy (non-hydrogen) atoms. The molecular weight excluding hydrogens is 194 g/mol. The first kappa shape index (κ1) is 12.2. The van der Waals surface area contributed by atoms with E-state index in [0.717, 1.165) is 25.0 Å². The van der Waals surface area contributed by atoms with Gasteiger partial charge in [0.25, 0.3) is 0 Å². The Hall–Kier alpha value is -0.870. The molecule has 1 aliphatic rings. The predicted octanol–water partition coefficient (Wildman–Crippen LogP) is 0.610. The van der Waals surface area contributed by atoms with Gasteiger partial charge in [-0.3, -0.25) is 0 Å².